The summed E-state index contributed by atoms with van der Waals surface area (Å²) in [6.07, 6.45) is 0. The smallest absolute Gasteiger partial charge is 0.327 e. The van der Waals surface area contributed by atoms with Crippen LogP contribution >= 0.6 is 0 Å². The number of hydrogen-bond acceptors (Lipinski definition) is 4. The molecule has 0 saturated heterocycles. The zero-order valence-corrected chi connectivity index (χ0v) is 11.5. The first kappa shape index (κ1) is 15.4. The minimum atomic E-state index is -0.621. The molecule has 0 rings (SSSR count). The van der Waals surface area contributed by atoms with Crippen molar-refractivity contribution < 1.29 is 9.53 Å². The number of ether oxygens (including phenoxy) is 1. The highest BCUT2D eigenvalue weighted by Gasteiger charge is 2.35. The average molecular weight is 230 g/mol. The fourth-order valence-electron chi connectivity index (χ4n) is 1.87. The molecule has 0 aliphatic heterocycles. The van der Waals surface area contributed by atoms with Crippen LogP contribution in [-0.4, -0.2) is 49.2 Å². The molecule has 16 heavy (non-hydrogen) atoms. The third-order valence-corrected chi connectivity index (χ3v) is 2.86. The van der Waals surface area contributed by atoms with E-state index in [-0.39, 0.29) is 5.97 Å². The van der Waals surface area contributed by atoms with Gasteiger partial charge in [0.25, 0.3) is 0 Å². The first-order valence-corrected chi connectivity index (χ1v) is 5.98. The van der Waals surface area contributed by atoms with Gasteiger partial charge in [-0.3, -0.25) is 9.69 Å². The van der Waals surface area contributed by atoms with Crippen LogP contribution in [0.4, 0.5) is 0 Å². The molecule has 0 aliphatic rings. The second-order valence-electron chi connectivity index (χ2n) is 4.51. The summed E-state index contributed by atoms with van der Waals surface area (Å²) in [6, 6.07) is 0.424. The Bertz CT molecular complexity index is 219. The second-order valence-corrected chi connectivity index (χ2v) is 4.51. The Labute approximate surface area is 99.3 Å². The third-order valence-electron chi connectivity index (χ3n) is 2.86. The minimum absolute atomic E-state index is 0.201. The van der Waals surface area contributed by atoms with Gasteiger partial charge in [-0.25, -0.2) is 0 Å². The number of carbonyl (C=O) groups is 1. The Morgan fingerprint density at radius 3 is 2.31 bits per heavy atom. The average Bonchev–Trinajstić information content (AvgIpc) is 2.24. The summed E-state index contributed by atoms with van der Waals surface area (Å²) >= 11 is 0. The summed E-state index contributed by atoms with van der Waals surface area (Å²) < 4.78 is 4.86. The van der Waals surface area contributed by atoms with Crippen LogP contribution in [0.5, 0.6) is 0 Å². The topological polar surface area (TPSA) is 41.6 Å². The monoisotopic (exact) mass is 230 g/mol. The molecule has 4 nitrogen and oxygen atoms in total. The predicted molar refractivity (Wildman–Crippen MR) is 66.5 cm³/mol. The van der Waals surface area contributed by atoms with Crippen molar-refractivity contribution in [2.45, 2.75) is 46.2 Å². The standard InChI is InChI=1S/C12H26N2O2/c1-7-13-12(5,11(15)16-6)9-14(8-2)10(3)4/h10,13H,7-9H2,1-6H3. The highest BCUT2D eigenvalue weighted by Crippen LogP contribution is 2.11. The van der Waals surface area contributed by atoms with Gasteiger partial charge in [-0.2, -0.15) is 0 Å². The lowest BCUT2D eigenvalue weighted by atomic mass is 10.0. The van der Waals surface area contributed by atoms with Crippen LogP contribution in [0.2, 0.25) is 0 Å². The summed E-state index contributed by atoms with van der Waals surface area (Å²) in [5, 5.41) is 3.21. The van der Waals surface area contributed by atoms with Gasteiger partial charge in [0.15, 0.2) is 0 Å². The molecule has 0 aromatic rings. The van der Waals surface area contributed by atoms with Gasteiger partial charge in [-0.15, -0.1) is 0 Å². The SMILES string of the molecule is CCNC(C)(CN(CC)C(C)C)C(=O)OC. The highest BCUT2D eigenvalue weighted by molar-refractivity contribution is 5.80. The molecule has 1 atom stereocenters. The minimum Gasteiger partial charge on any atom is -0.468 e. The van der Waals surface area contributed by atoms with E-state index in [9.17, 15) is 4.79 Å². The molecule has 96 valence electrons. The molecule has 0 aromatic heterocycles. The van der Waals surface area contributed by atoms with Crippen LogP contribution < -0.4 is 5.32 Å². The summed E-state index contributed by atoms with van der Waals surface area (Å²) in [5.41, 5.74) is -0.621. The van der Waals surface area contributed by atoms with E-state index < -0.39 is 5.54 Å². The van der Waals surface area contributed by atoms with Crippen molar-refractivity contribution in [2.75, 3.05) is 26.7 Å². The number of likely N-dealkylation sites (N-methyl/N-ethyl adjacent to an activating group) is 2. The van der Waals surface area contributed by atoms with E-state index in [1.54, 1.807) is 0 Å². The van der Waals surface area contributed by atoms with Crippen LogP contribution in [0.3, 0.4) is 0 Å². The van der Waals surface area contributed by atoms with Gasteiger partial charge in [0.1, 0.15) is 5.54 Å². The molecule has 0 aliphatic carbocycles. The summed E-state index contributed by atoms with van der Waals surface area (Å²) in [5.74, 6) is -0.201. The fraction of sp³-hybridized carbons (Fsp3) is 0.917. The quantitative estimate of drug-likeness (QED) is 0.669. The van der Waals surface area contributed by atoms with Crippen molar-refractivity contribution in [2.24, 2.45) is 0 Å². The van der Waals surface area contributed by atoms with Crippen molar-refractivity contribution in [3.63, 3.8) is 0 Å². The Balaban J connectivity index is 4.71. The molecule has 4 heteroatoms. The summed E-state index contributed by atoms with van der Waals surface area (Å²) in [7, 11) is 1.43. The molecule has 0 heterocycles. The van der Waals surface area contributed by atoms with Crippen molar-refractivity contribution in [3.8, 4) is 0 Å². The van der Waals surface area contributed by atoms with Crippen LogP contribution in [-0.2, 0) is 9.53 Å². The van der Waals surface area contributed by atoms with Crippen molar-refractivity contribution in [3.05, 3.63) is 0 Å². The Kier molecular flexibility index (Phi) is 6.60. The van der Waals surface area contributed by atoms with Gasteiger partial charge in [0, 0.05) is 12.6 Å². The predicted octanol–water partition coefficient (Wildman–Crippen LogP) is 1.26. The number of rotatable bonds is 7. The lowest BCUT2D eigenvalue weighted by Crippen LogP contribution is -2.58. The van der Waals surface area contributed by atoms with Gasteiger partial charge in [0.2, 0.25) is 0 Å². The molecule has 0 aromatic carbocycles. The normalized spacial score (nSPS) is 15.2. The van der Waals surface area contributed by atoms with Gasteiger partial charge >= 0.3 is 5.97 Å². The first-order valence-electron chi connectivity index (χ1n) is 5.98. The largest absolute Gasteiger partial charge is 0.468 e. The molecular formula is C12H26N2O2. The second kappa shape index (κ2) is 6.86. The Morgan fingerprint density at radius 2 is 2.00 bits per heavy atom. The zero-order valence-electron chi connectivity index (χ0n) is 11.5. The summed E-state index contributed by atoms with van der Waals surface area (Å²) in [6.45, 7) is 12.6. The molecule has 0 spiro atoms. The lowest BCUT2D eigenvalue weighted by molar-refractivity contribution is -0.148. The third kappa shape index (κ3) is 4.10. The van der Waals surface area contributed by atoms with E-state index in [1.807, 2.05) is 13.8 Å². The number of hydrogen-bond donors (Lipinski definition) is 1. The van der Waals surface area contributed by atoms with Gasteiger partial charge in [0.05, 0.1) is 7.11 Å². The maximum atomic E-state index is 11.8. The van der Waals surface area contributed by atoms with Crippen LogP contribution in [0.15, 0.2) is 0 Å². The van der Waals surface area contributed by atoms with Crippen molar-refractivity contribution in [1.82, 2.24) is 10.2 Å². The van der Waals surface area contributed by atoms with Gasteiger partial charge in [-0.05, 0) is 33.9 Å². The molecule has 1 unspecified atom stereocenters. The van der Waals surface area contributed by atoms with Crippen LogP contribution in [0.1, 0.15) is 34.6 Å². The number of nitrogens with zero attached hydrogens (tertiary/aromatic N) is 1. The van der Waals surface area contributed by atoms with E-state index >= 15 is 0 Å². The number of carbonyl (C=O) groups excluding carboxylic acids is 1. The summed E-state index contributed by atoms with van der Waals surface area (Å²) in [4.78, 5) is 14.0. The lowest BCUT2D eigenvalue weighted by Gasteiger charge is -2.35. The van der Waals surface area contributed by atoms with E-state index in [0.29, 0.717) is 12.6 Å². The molecular weight excluding hydrogens is 204 g/mol. The van der Waals surface area contributed by atoms with E-state index in [2.05, 4.69) is 31.0 Å². The Morgan fingerprint density at radius 1 is 1.44 bits per heavy atom. The van der Waals surface area contributed by atoms with Gasteiger partial charge in [-0.1, -0.05) is 13.8 Å². The molecule has 0 saturated carbocycles. The molecule has 0 bridgehead atoms. The molecule has 0 fully saturated rings. The van der Waals surface area contributed by atoms with Crippen molar-refractivity contribution in [1.29, 1.82) is 0 Å². The fourth-order valence-corrected chi connectivity index (χ4v) is 1.87. The maximum Gasteiger partial charge on any atom is 0.327 e. The number of nitrogens with one attached hydrogen (secondary N) is 1. The zero-order chi connectivity index (χ0) is 12.8. The molecule has 1 N–H and O–H groups in total. The first-order chi connectivity index (χ1) is 7.41. The Hall–Kier alpha value is -0.610. The van der Waals surface area contributed by atoms with Crippen LogP contribution in [0.25, 0.3) is 0 Å². The molecule has 0 radical (unpaired) electrons. The van der Waals surface area contributed by atoms with E-state index in [1.165, 1.54) is 7.11 Å². The van der Waals surface area contributed by atoms with E-state index in [0.717, 1.165) is 13.1 Å². The van der Waals surface area contributed by atoms with E-state index in [4.69, 9.17) is 4.74 Å². The van der Waals surface area contributed by atoms with Crippen LogP contribution in [0, 0.1) is 0 Å². The maximum absolute atomic E-state index is 11.8. The van der Waals surface area contributed by atoms with Gasteiger partial charge < -0.3 is 10.1 Å². The number of methoxy groups -OCH3 is 1. The highest BCUT2D eigenvalue weighted by atomic mass is 16.5. The number of esters is 1. The van der Waals surface area contributed by atoms with Crippen molar-refractivity contribution >= 4 is 5.97 Å². The molecule has 0 amide bonds.